The molecule has 1 aliphatic rings. The number of ketones is 1. The van der Waals surface area contributed by atoms with Gasteiger partial charge in [0.25, 0.3) is 5.91 Å². The lowest BCUT2D eigenvalue weighted by molar-refractivity contribution is -0.117. The normalized spacial score (nSPS) is 16.9. The average molecular weight is 410 g/mol. The Balaban J connectivity index is 1.85. The molecule has 148 valence electrons. The number of amides is 1. The Morgan fingerprint density at radius 1 is 1.28 bits per heavy atom. The standard InChI is InChI=1S/C20H18N4O4S/c1-10(2)18-22-23-20(29-18)24-15(12-5-4-8-21-9-12)14(17(26)19(24)27)16(25)13-7-6-11(3)28-13/h4-10,15,26H,1-3H3. The molecule has 0 aliphatic carbocycles. The maximum Gasteiger partial charge on any atom is 0.296 e. The van der Waals surface area contributed by atoms with Crippen LogP contribution in [0, 0.1) is 6.92 Å². The first-order valence-corrected chi connectivity index (χ1v) is 9.81. The van der Waals surface area contributed by atoms with Gasteiger partial charge in [0.1, 0.15) is 10.8 Å². The molecule has 1 atom stereocenters. The minimum Gasteiger partial charge on any atom is -0.503 e. The number of anilines is 1. The molecular weight excluding hydrogens is 392 g/mol. The van der Waals surface area contributed by atoms with Gasteiger partial charge in [-0.3, -0.25) is 19.5 Å². The smallest absolute Gasteiger partial charge is 0.296 e. The van der Waals surface area contributed by atoms with Crippen molar-refractivity contribution in [2.45, 2.75) is 32.7 Å². The van der Waals surface area contributed by atoms with Crippen molar-refractivity contribution in [1.82, 2.24) is 15.2 Å². The van der Waals surface area contributed by atoms with E-state index in [2.05, 4.69) is 15.2 Å². The Kier molecular flexibility index (Phi) is 4.75. The third-order valence-corrected chi connectivity index (χ3v) is 5.77. The van der Waals surface area contributed by atoms with Crippen molar-refractivity contribution >= 4 is 28.2 Å². The van der Waals surface area contributed by atoms with Crippen molar-refractivity contribution in [2.24, 2.45) is 0 Å². The van der Waals surface area contributed by atoms with Crippen molar-refractivity contribution < 1.29 is 19.1 Å². The molecule has 4 rings (SSSR count). The number of hydrogen-bond acceptors (Lipinski definition) is 8. The molecule has 0 saturated heterocycles. The van der Waals surface area contributed by atoms with Crippen molar-refractivity contribution in [3.05, 3.63) is 70.1 Å². The number of carbonyl (C=O) groups excluding carboxylic acids is 2. The highest BCUT2D eigenvalue weighted by atomic mass is 32.1. The number of aryl methyl sites for hydroxylation is 1. The SMILES string of the molecule is Cc1ccc(C(=O)C2=C(O)C(=O)N(c3nnc(C(C)C)s3)C2c2cccnc2)o1. The molecule has 0 fully saturated rings. The van der Waals surface area contributed by atoms with Crippen LogP contribution in [0.2, 0.25) is 0 Å². The third kappa shape index (κ3) is 3.23. The summed E-state index contributed by atoms with van der Waals surface area (Å²) >= 11 is 1.25. The summed E-state index contributed by atoms with van der Waals surface area (Å²) in [5.41, 5.74) is 0.497. The van der Waals surface area contributed by atoms with Gasteiger partial charge in [-0.25, -0.2) is 0 Å². The molecule has 3 aromatic heterocycles. The largest absolute Gasteiger partial charge is 0.503 e. The number of rotatable bonds is 5. The van der Waals surface area contributed by atoms with E-state index in [-0.39, 0.29) is 17.3 Å². The Labute approximate surface area is 170 Å². The molecule has 9 heteroatoms. The average Bonchev–Trinajstić information content (AvgIpc) is 3.41. The monoisotopic (exact) mass is 410 g/mol. The van der Waals surface area contributed by atoms with E-state index in [1.54, 1.807) is 37.5 Å². The fraction of sp³-hybridized carbons (Fsp3) is 0.250. The maximum absolute atomic E-state index is 13.1. The van der Waals surface area contributed by atoms with E-state index in [1.165, 1.54) is 22.3 Å². The van der Waals surface area contributed by atoms with E-state index < -0.39 is 23.5 Å². The molecule has 4 heterocycles. The van der Waals surface area contributed by atoms with Gasteiger partial charge in [-0.05, 0) is 30.7 Å². The molecule has 0 radical (unpaired) electrons. The van der Waals surface area contributed by atoms with E-state index >= 15 is 0 Å². The van der Waals surface area contributed by atoms with E-state index in [1.807, 2.05) is 13.8 Å². The van der Waals surface area contributed by atoms with Gasteiger partial charge in [0, 0.05) is 18.3 Å². The molecule has 0 aromatic carbocycles. The zero-order valence-corrected chi connectivity index (χ0v) is 16.8. The number of carbonyl (C=O) groups is 2. The second-order valence-corrected chi connectivity index (χ2v) is 7.93. The number of aromatic nitrogens is 3. The van der Waals surface area contributed by atoms with Crippen LogP contribution in [0.5, 0.6) is 0 Å². The molecule has 1 N–H and O–H groups in total. The van der Waals surface area contributed by atoms with E-state index in [4.69, 9.17) is 4.42 Å². The molecule has 3 aromatic rings. The Morgan fingerprint density at radius 3 is 2.66 bits per heavy atom. The second kappa shape index (κ2) is 7.25. The van der Waals surface area contributed by atoms with Crippen LogP contribution in [0.25, 0.3) is 0 Å². The van der Waals surface area contributed by atoms with Crippen LogP contribution >= 0.6 is 11.3 Å². The van der Waals surface area contributed by atoms with E-state index in [9.17, 15) is 14.7 Å². The topological polar surface area (TPSA) is 109 Å². The lowest BCUT2D eigenvalue weighted by Gasteiger charge is -2.23. The van der Waals surface area contributed by atoms with Crippen molar-refractivity contribution in [1.29, 1.82) is 0 Å². The van der Waals surface area contributed by atoms with Crippen molar-refractivity contribution in [3.8, 4) is 0 Å². The second-order valence-electron chi connectivity index (χ2n) is 6.94. The van der Waals surface area contributed by atoms with Crippen LogP contribution in [-0.2, 0) is 4.79 Å². The fourth-order valence-corrected chi connectivity index (χ4v) is 4.01. The summed E-state index contributed by atoms with van der Waals surface area (Å²) in [5.74, 6) is -1.17. The van der Waals surface area contributed by atoms with Gasteiger partial charge >= 0.3 is 0 Å². The molecule has 0 bridgehead atoms. The number of nitrogens with zero attached hydrogens (tertiary/aromatic N) is 4. The number of aliphatic hydroxyl groups is 1. The molecule has 1 unspecified atom stereocenters. The van der Waals surface area contributed by atoms with Gasteiger partial charge in [0.2, 0.25) is 10.9 Å². The zero-order valence-electron chi connectivity index (χ0n) is 16.0. The van der Waals surface area contributed by atoms with Gasteiger partial charge < -0.3 is 9.52 Å². The highest BCUT2D eigenvalue weighted by Crippen LogP contribution is 2.43. The summed E-state index contributed by atoms with van der Waals surface area (Å²) in [6, 6.07) is 5.72. The number of Topliss-reactive ketones (excluding diaryl/α,β-unsaturated/α-hetero) is 1. The predicted molar refractivity (Wildman–Crippen MR) is 106 cm³/mol. The van der Waals surface area contributed by atoms with Gasteiger partial charge in [-0.15, -0.1) is 10.2 Å². The van der Waals surface area contributed by atoms with Gasteiger partial charge in [-0.2, -0.15) is 0 Å². The highest BCUT2D eigenvalue weighted by Gasteiger charge is 2.46. The summed E-state index contributed by atoms with van der Waals surface area (Å²) in [6.45, 7) is 5.65. The number of furan rings is 1. The lowest BCUT2D eigenvalue weighted by atomic mass is 9.96. The van der Waals surface area contributed by atoms with Gasteiger partial charge in [-0.1, -0.05) is 31.3 Å². The number of pyridine rings is 1. The summed E-state index contributed by atoms with van der Waals surface area (Å²) in [4.78, 5) is 31.5. The van der Waals surface area contributed by atoms with Crippen LogP contribution in [0.1, 0.15) is 52.7 Å². The predicted octanol–water partition coefficient (Wildman–Crippen LogP) is 3.74. The first kappa shape index (κ1) is 19.0. The summed E-state index contributed by atoms with van der Waals surface area (Å²) in [7, 11) is 0. The molecule has 1 aliphatic heterocycles. The van der Waals surface area contributed by atoms with Crippen molar-refractivity contribution in [2.75, 3.05) is 4.90 Å². The van der Waals surface area contributed by atoms with Crippen LogP contribution in [0.4, 0.5) is 5.13 Å². The zero-order chi connectivity index (χ0) is 20.7. The summed E-state index contributed by atoms with van der Waals surface area (Å²) in [6.07, 6.45) is 3.14. The molecular formula is C20H18N4O4S. The summed E-state index contributed by atoms with van der Waals surface area (Å²) in [5, 5.41) is 20.0. The minimum absolute atomic E-state index is 0.0488. The van der Waals surface area contributed by atoms with E-state index in [0.717, 1.165) is 5.01 Å². The molecule has 1 amide bonds. The van der Waals surface area contributed by atoms with Crippen LogP contribution in [-0.4, -0.2) is 32.0 Å². The Bertz CT molecular complexity index is 1120. The molecule has 29 heavy (non-hydrogen) atoms. The number of hydrogen-bond donors (Lipinski definition) is 1. The minimum atomic E-state index is -0.887. The van der Waals surface area contributed by atoms with Crippen molar-refractivity contribution in [3.63, 3.8) is 0 Å². The van der Waals surface area contributed by atoms with Crippen LogP contribution in [0.3, 0.4) is 0 Å². The Morgan fingerprint density at radius 2 is 2.07 bits per heavy atom. The van der Waals surface area contributed by atoms with E-state index in [0.29, 0.717) is 16.5 Å². The fourth-order valence-electron chi connectivity index (χ4n) is 3.13. The van der Waals surface area contributed by atoms with Gasteiger partial charge in [0.05, 0.1) is 11.6 Å². The lowest BCUT2D eigenvalue weighted by Crippen LogP contribution is -2.31. The highest BCUT2D eigenvalue weighted by molar-refractivity contribution is 7.15. The Hall–Kier alpha value is -3.33. The first-order valence-electron chi connectivity index (χ1n) is 8.99. The molecule has 0 saturated carbocycles. The quantitative estimate of drug-likeness (QED) is 0.638. The van der Waals surface area contributed by atoms with Crippen LogP contribution in [0.15, 0.2) is 52.4 Å². The number of aliphatic hydroxyl groups excluding tert-OH is 1. The molecule has 0 spiro atoms. The molecule has 8 nitrogen and oxygen atoms in total. The first-order chi connectivity index (χ1) is 13.9. The summed E-state index contributed by atoms with van der Waals surface area (Å²) < 4.78 is 5.44. The third-order valence-electron chi connectivity index (χ3n) is 4.55. The maximum atomic E-state index is 13.1. The van der Waals surface area contributed by atoms with Crippen LogP contribution < -0.4 is 4.90 Å². The van der Waals surface area contributed by atoms with Gasteiger partial charge in [0.15, 0.2) is 11.5 Å².